The van der Waals surface area contributed by atoms with Gasteiger partial charge in [-0.25, -0.2) is 9.59 Å². The number of aromatic nitrogens is 2. The minimum absolute atomic E-state index is 0.777. The van der Waals surface area contributed by atoms with Crippen molar-refractivity contribution in [1.29, 1.82) is 0 Å². The van der Waals surface area contributed by atoms with Crippen molar-refractivity contribution in [2.24, 2.45) is 0 Å². The smallest absolute Gasteiger partial charge is 0.335 e. The molecule has 238 valence electrons. The molecular formula is C28H46N4O10. The number of hydrogen-bond donors (Lipinski definition) is 6. The van der Waals surface area contributed by atoms with Crippen LogP contribution >= 0.6 is 0 Å². The van der Waals surface area contributed by atoms with Gasteiger partial charge in [0.05, 0.1) is 25.6 Å². The van der Waals surface area contributed by atoms with Crippen LogP contribution in [-0.2, 0) is 9.59 Å². The molecule has 2 rings (SSSR count). The molecule has 2 aromatic heterocycles. The van der Waals surface area contributed by atoms with Crippen LogP contribution in [0.15, 0.2) is 49.1 Å². The van der Waals surface area contributed by atoms with Gasteiger partial charge >= 0.3 is 11.9 Å². The first-order valence-corrected chi connectivity index (χ1v) is 13.4. The first-order chi connectivity index (χ1) is 19.9. The zero-order valence-electron chi connectivity index (χ0n) is 24.7. The molecule has 0 saturated heterocycles. The number of carbonyl (C=O) groups is 2. The van der Waals surface area contributed by atoms with Crippen molar-refractivity contribution in [2.45, 2.75) is 50.1 Å². The van der Waals surface area contributed by atoms with E-state index >= 15 is 0 Å². The number of ether oxygens (including phenoxy) is 2. The third-order valence-corrected chi connectivity index (χ3v) is 5.31. The highest BCUT2D eigenvalue weighted by Gasteiger charge is 2.37. The summed E-state index contributed by atoms with van der Waals surface area (Å²) in [7, 11) is 8.34. The largest absolute Gasteiger partial charge is 0.492 e. The van der Waals surface area contributed by atoms with Crippen LogP contribution in [0.4, 0.5) is 0 Å². The maximum Gasteiger partial charge on any atom is 0.335 e. The summed E-state index contributed by atoms with van der Waals surface area (Å²) in [6.45, 7) is 3.80. The van der Waals surface area contributed by atoms with Crippen molar-refractivity contribution < 1.29 is 49.7 Å². The lowest BCUT2D eigenvalue weighted by Gasteiger charge is -2.21. The molecule has 4 atom stereocenters. The monoisotopic (exact) mass is 598 g/mol. The Morgan fingerprint density at radius 3 is 1.31 bits per heavy atom. The number of aliphatic hydroxyl groups excluding tert-OH is 4. The first kappa shape index (κ1) is 38.6. The summed E-state index contributed by atoms with van der Waals surface area (Å²) in [4.78, 5) is 32.5. The number of rotatable bonds is 17. The molecule has 0 aromatic carbocycles. The molecule has 0 unspecified atom stereocenters. The third-order valence-electron chi connectivity index (χ3n) is 5.31. The fourth-order valence-electron chi connectivity index (χ4n) is 2.97. The summed E-state index contributed by atoms with van der Waals surface area (Å²) in [5.41, 5.74) is 0. The second-order valence-corrected chi connectivity index (χ2v) is 9.64. The van der Waals surface area contributed by atoms with E-state index in [4.69, 9.17) is 40.1 Å². The standard InChI is InChI=1S/2C11H18N2O.C6H10O8/c2*1-13(2)8-3-4-9-14-11-6-5-7-12-10-11;7-1(3(9)5(11)12)2(8)4(10)6(13)14/h2*5-7,10H,3-4,8-9H2,1-2H3;1-4,7-10H,(H,11,12)(H,13,14)/t;;1-,2+,3+,4-. The Bertz CT molecular complexity index is 877. The Hall–Kier alpha value is -3.40. The van der Waals surface area contributed by atoms with E-state index in [1.165, 1.54) is 12.8 Å². The fourth-order valence-corrected chi connectivity index (χ4v) is 2.97. The van der Waals surface area contributed by atoms with Crippen LogP contribution in [0, 0.1) is 0 Å². The van der Waals surface area contributed by atoms with Gasteiger partial charge in [-0.2, -0.15) is 0 Å². The summed E-state index contributed by atoms with van der Waals surface area (Å²) < 4.78 is 11.0. The molecule has 0 aliphatic carbocycles. The van der Waals surface area contributed by atoms with E-state index in [9.17, 15) is 9.59 Å². The molecule has 42 heavy (non-hydrogen) atoms. The lowest BCUT2D eigenvalue weighted by atomic mass is 10.0. The third kappa shape index (κ3) is 19.6. The van der Waals surface area contributed by atoms with Crippen LogP contribution in [0.1, 0.15) is 25.7 Å². The number of pyridine rings is 2. The van der Waals surface area contributed by atoms with Crippen molar-refractivity contribution in [3.8, 4) is 11.5 Å². The van der Waals surface area contributed by atoms with Crippen molar-refractivity contribution in [1.82, 2.24) is 19.8 Å². The average molecular weight is 599 g/mol. The minimum atomic E-state index is -2.36. The summed E-state index contributed by atoms with van der Waals surface area (Å²) in [5, 5.41) is 51.5. The van der Waals surface area contributed by atoms with Crippen molar-refractivity contribution in [2.75, 3.05) is 54.5 Å². The second kappa shape index (κ2) is 23.2. The highest BCUT2D eigenvalue weighted by atomic mass is 16.5. The van der Waals surface area contributed by atoms with E-state index < -0.39 is 36.4 Å². The Kier molecular flexibility index (Phi) is 21.3. The molecule has 0 bridgehead atoms. The zero-order valence-corrected chi connectivity index (χ0v) is 24.7. The van der Waals surface area contributed by atoms with Crippen molar-refractivity contribution in [3.05, 3.63) is 49.1 Å². The van der Waals surface area contributed by atoms with Crippen LogP contribution in [0.25, 0.3) is 0 Å². The van der Waals surface area contributed by atoms with E-state index in [1.54, 1.807) is 24.8 Å². The van der Waals surface area contributed by atoms with Gasteiger partial charge in [0.15, 0.2) is 12.2 Å². The number of carboxylic acids is 2. The van der Waals surface area contributed by atoms with E-state index in [-0.39, 0.29) is 0 Å². The summed E-state index contributed by atoms with van der Waals surface area (Å²) in [6.07, 6.45) is 2.23. The van der Waals surface area contributed by atoms with Gasteiger partial charge < -0.3 is 49.9 Å². The van der Waals surface area contributed by atoms with Crippen LogP contribution < -0.4 is 9.47 Å². The second-order valence-electron chi connectivity index (χ2n) is 9.64. The summed E-state index contributed by atoms with van der Waals surface area (Å²) >= 11 is 0. The molecular weight excluding hydrogens is 552 g/mol. The number of carboxylic acid groups (broad SMARTS) is 2. The maximum absolute atomic E-state index is 10.1. The number of aliphatic hydroxyl groups is 4. The molecule has 0 aliphatic rings. The van der Waals surface area contributed by atoms with E-state index in [1.807, 2.05) is 24.3 Å². The molecule has 0 amide bonds. The lowest BCUT2D eigenvalue weighted by Crippen LogP contribution is -2.49. The lowest BCUT2D eigenvalue weighted by molar-refractivity contribution is -0.172. The Morgan fingerprint density at radius 1 is 0.690 bits per heavy atom. The molecule has 2 heterocycles. The highest BCUT2D eigenvalue weighted by Crippen LogP contribution is 2.08. The van der Waals surface area contributed by atoms with Gasteiger partial charge in [0.1, 0.15) is 23.7 Å². The topological polar surface area (TPSA) is 206 Å². The minimum Gasteiger partial charge on any atom is -0.492 e. The molecule has 0 fully saturated rings. The van der Waals surface area contributed by atoms with Gasteiger partial charge in [0, 0.05) is 12.4 Å². The van der Waals surface area contributed by atoms with E-state index in [2.05, 4.69) is 48.0 Å². The molecule has 0 spiro atoms. The maximum atomic E-state index is 10.1. The van der Waals surface area contributed by atoms with E-state index in [0.717, 1.165) is 50.6 Å². The number of unbranched alkanes of at least 4 members (excludes halogenated alkanes) is 2. The van der Waals surface area contributed by atoms with Gasteiger partial charge in [0.2, 0.25) is 0 Å². The van der Waals surface area contributed by atoms with Crippen molar-refractivity contribution in [3.63, 3.8) is 0 Å². The molecule has 0 aliphatic heterocycles. The van der Waals surface area contributed by atoms with E-state index in [0.29, 0.717) is 0 Å². The van der Waals surface area contributed by atoms with Gasteiger partial charge in [0.25, 0.3) is 0 Å². The molecule has 0 saturated carbocycles. The first-order valence-electron chi connectivity index (χ1n) is 13.4. The Balaban J connectivity index is 0.000000600. The molecule has 14 heteroatoms. The highest BCUT2D eigenvalue weighted by molar-refractivity contribution is 5.75. The van der Waals surface area contributed by atoms with Crippen LogP contribution in [0.2, 0.25) is 0 Å². The van der Waals surface area contributed by atoms with Crippen LogP contribution in [0.5, 0.6) is 11.5 Å². The van der Waals surface area contributed by atoms with Gasteiger partial charge in [-0.15, -0.1) is 0 Å². The van der Waals surface area contributed by atoms with Crippen LogP contribution in [0.3, 0.4) is 0 Å². The number of aliphatic carboxylic acids is 2. The molecule has 2 aromatic rings. The molecule has 14 nitrogen and oxygen atoms in total. The quantitative estimate of drug-likeness (QED) is 0.135. The predicted octanol–water partition coefficient (Wildman–Crippen LogP) is 0.204. The fraction of sp³-hybridized carbons (Fsp3) is 0.571. The normalized spacial score (nSPS) is 13.5. The van der Waals surface area contributed by atoms with Gasteiger partial charge in [-0.05, 0) is 91.2 Å². The molecule has 0 radical (unpaired) electrons. The summed E-state index contributed by atoms with van der Waals surface area (Å²) in [5.74, 6) is -1.96. The van der Waals surface area contributed by atoms with Gasteiger partial charge in [-0.3, -0.25) is 9.97 Å². The number of hydrogen-bond acceptors (Lipinski definition) is 12. The SMILES string of the molecule is CN(C)CCCCOc1cccnc1.CN(C)CCCCOc1cccnc1.O=C(O)[C@@H](O)[C@H](O)[C@H](O)[C@@H](O)C(=O)O. The Morgan fingerprint density at radius 2 is 1.05 bits per heavy atom. The Labute approximate surface area is 246 Å². The summed E-state index contributed by atoms with van der Waals surface area (Å²) in [6, 6.07) is 7.63. The average Bonchev–Trinajstić information content (AvgIpc) is 2.96. The van der Waals surface area contributed by atoms with Gasteiger partial charge in [-0.1, -0.05) is 0 Å². The predicted molar refractivity (Wildman–Crippen MR) is 154 cm³/mol. The zero-order chi connectivity index (χ0) is 31.9. The molecule has 6 N–H and O–H groups in total. The van der Waals surface area contributed by atoms with Crippen LogP contribution in [-0.4, -0.2) is 141 Å². The van der Waals surface area contributed by atoms with Crippen molar-refractivity contribution >= 4 is 11.9 Å². The number of nitrogens with zero attached hydrogens (tertiary/aromatic N) is 4.